The van der Waals surface area contributed by atoms with Crippen LogP contribution in [0.4, 0.5) is 5.69 Å². The quantitative estimate of drug-likeness (QED) is 0.897. The van der Waals surface area contributed by atoms with E-state index in [1.807, 2.05) is 0 Å². The second-order valence-electron chi connectivity index (χ2n) is 6.04. The summed E-state index contributed by atoms with van der Waals surface area (Å²) >= 11 is 0. The maximum atomic E-state index is 12.6. The number of carboxylic acids is 1. The van der Waals surface area contributed by atoms with Crippen molar-refractivity contribution >= 4 is 23.5 Å². The van der Waals surface area contributed by atoms with Crippen LogP contribution in [0.1, 0.15) is 25.7 Å². The number of hydrogen-bond donors (Lipinski definition) is 1. The summed E-state index contributed by atoms with van der Waals surface area (Å²) in [5.74, 6) is -1.29. The van der Waals surface area contributed by atoms with Crippen LogP contribution in [0.5, 0.6) is 5.75 Å². The summed E-state index contributed by atoms with van der Waals surface area (Å²) in [7, 11) is 0. The van der Waals surface area contributed by atoms with Crippen molar-refractivity contribution in [2.24, 2.45) is 0 Å². The van der Waals surface area contributed by atoms with Gasteiger partial charge in [0.05, 0.1) is 12.1 Å². The molecule has 0 aliphatic carbocycles. The lowest BCUT2D eigenvalue weighted by Crippen LogP contribution is -2.51. The number of para-hydroxylation sites is 2. The van der Waals surface area contributed by atoms with Crippen molar-refractivity contribution < 1.29 is 24.2 Å². The van der Waals surface area contributed by atoms with E-state index in [0.29, 0.717) is 24.5 Å². The fraction of sp³-hybridized carbons (Fsp3) is 0.471. The number of carboxylic acid groups (broad SMARTS) is 1. The van der Waals surface area contributed by atoms with Crippen molar-refractivity contribution in [2.45, 2.75) is 31.8 Å². The van der Waals surface area contributed by atoms with Gasteiger partial charge in [0.25, 0.3) is 5.91 Å². The van der Waals surface area contributed by atoms with Crippen LogP contribution in [0.15, 0.2) is 24.3 Å². The number of aliphatic carboxylic acids is 1. The van der Waals surface area contributed by atoms with E-state index in [9.17, 15) is 14.4 Å². The van der Waals surface area contributed by atoms with E-state index in [4.69, 9.17) is 9.84 Å². The summed E-state index contributed by atoms with van der Waals surface area (Å²) in [4.78, 5) is 39.2. The first kappa shape index (κ1) is 16.3. The molecule has 0 aromatic heterocycles. The monoisotopic (exact) mass is 332 g/mol. The zero-order valence-corrected chi connectivity index (χ0v) is 13.3. The molecule has 1 N–H and O–H groups in total. The van der Waals surface area contributed by atoms with E-state index in [2.05, 4.69) is 0 Å². The molecule has 3 rings (SSSR count). The molecule has 1 atom stereocenters. The Morgan fingerprint density at radius 3 is 2.58 bits per heavy atom. The first-order valence-corrected chi connectivity index (χ1v) is 8.13. The van der Waals surface area contributed by atoms with Crippen LogP contribution in [0.2, 0.25) is 0 Å². The average molecular weight is 332 g/mol. The zero-order valence-electron chi connectivity index (χ0n) is 13.3. The molecule has 7 heteroatoms. The zero-order chi connectivity index (χ0) is 17.1. The first-order chi connectivity index (χ1) is 11.6. The summed E-state index contributed by atoms with van der Waals surface area (Å²) in [6, 6.07) is 6.88. The first-order valence-electron chi connectivity index (χ1n) is 8.13. The summed E-state index contributed by atoms with van der Waals surface area (Å²) in [5.41, 5.74) is 0.509. The lowest BCUT2D eigenvalue weighted by Gasteiger charge is -2.35. The van der Waals surface area contributed by atoms with E-state index in [1.165, 1.54) is 4.90 Å². The van der Waals surface area contributed by atoms with Crippen LogP contribution in [-0.4, -0.2) is 53.5 Å². The van der Waals surface area contributed by atoms with Gasteiger partial charge in [0.15, 0.2) is 6.10 Å². The largest absolute Gasteiger partial charge is 0.481 e. The predicted octanol–water partition coefficient (Wildman–Crippen LogP) is 1.27. The number of piperidine rings is 1. The molecule has 128 valence electrons. The molecule has 0 radical (unpaired) electrons. The van der Waals surface area contributed by atoms with Crippen LogP contribution >= 0.6 is 0 Å². The van der Waals surface area contributed by atoms with Crippen molar-refractivity contribution in [3.8, 4) is 5.75 Å². The molecule has 1 fully saturated rings. The van der Waals surface area contributed by atoms with Gasteiger partial charge in [-0.05, 0) is 31.4 Å². The Bertz CT molecular complexity index is 654. The maximum Gasteiger partial charge on any atom is 0.307 e. The van der Waals surface area contributed by atoms with Crippen LogP contribution in [0.25, 0.3) is 0 Å². The van der Waals surface area contributed by atoms with Gasteiger partial charge in [-0.1, -0.05) is 12.1 Å². The second kappa shape index (κ2) is 6.90. The Labute approximate surface area is 139 Å². The molecule has 1 aromatic carbocycles. The minimum absolute atomic E-state index is 0.0880. The van der Waals surface area contributed by atoms with E-state index < -0.39 is 24.4 Å². The molecule has 0 bridgehead atoms. The van der Waals surface area contributed by atoms with Gasteiger partial charge in [-0.25, -0.2) is 0 Å². The number of nitrogens with zero attached hydrogens (tertiary/aromatic N) is 2. The number of rotatable bonds is 4. The van der Waals surface area contributed by atoms with Crippen LogP contribution in [0.3, 0.4) is 0 Å². The molecule has 0 saturated carbocycles. The smallest absolute Gasteiger partial charge is 0.307 e. The van der Waals surface area contributed by atoms with Crippen molar-refractivity contribution in [2.75, 3.05) is 24.5 Å². The van der Waals surface area contributed by atoms with E-state index in [-0.39, 0.29) is 12.5 Å². The summed E-state index contributed by atoms with van der Waals surface area (Å²) < 4.78 is 5.52. The minimum atomic E-state index is -1.12. The fourth-order valence-electron chi connectivity index (χ4n) is 3.11. The topological polar surface area (TPSA) is 87.2 Å². The SMILES string of the molecule is O=C(O)C[C@@H]1Oc2ccccc2N(CC(=O)N2CCCCC2)C1=O. The lowest BCUT2D eigenvalue weighted by molar-refractivity contribution is -0.142. The normalized spacial score (nSPS) is 20.3. The van der Waals surface area contributed by atoms with Gasteiger partial charge in [-0.3, -0.25) is 19.3 Å². The Morgan fingerprint density at radius 1 is 1.17 bits per heavy atom. The molecule has 7 nitrogen and oxygen atoms in total. The van der Waals surface area contributed by atoms with Crippen molar-refractivity contribution in [1.29, 1.82) is 0 Å². The standard InChI is InChI=1S/C17H20N2O5/c20-15(18-8-4-1-5-9-18)11-19-12-6-2-3-7-13(12)24-14(17(19)23)10-16(21)22/h2-3,6-7,14H,1,4-5,8-11H2,(H,21,22)/t14-/m0/s1. The van der Waals surface area contributed by atoms with Gasteiger partial charge in [0.1, 0.15) is 12.3 Å². The van der Waals surface area contributed by atoms with Crippen LogP contribution in [-0.2, 0) is 14.4 Å². The molecular weight excluding hydrogens is 312 g/mol. The Hall–Kier alpha value is -2.57. The molecule has 24 heavy (non-hydrogen) atoms. The molecule has 2 aliphatic heterocycles. The van der Waals surface area contributed by atoms with Crippen molar-refractivity contribution in [3.63, 3.8) is 0 Å². The van der Waals surface area contributed by atoms with Gasteiger partial charge in [0.2, 0.25) is 5.91 Å². The maximum absolute atomic E-state index is 12.6. The second-order valence-corrected chi connectivity index (χ2v) is 6.04. The number of amides is 2. The lowest BCUT2D eigenvalue weighted by atomic mass is 10.1. The third-order valence-electron chi connectivity index (χ3n) is 4.33. The molecule has 2 heterocycles. The Kier molecular flexibility index (Phi) is 4.69. The number of carbonyl (C=O) groups excluding carboxylic acids is 2. The third kappa shape index (κ3) is 3.34. The number of ether oxygens (including phenoxy) is 1. The van der Waals surface area contributed by atoms with Gasteiger partial charge in [-0.2, -0.15) is 0 Å². The molecule has 2 aliphatic rings. The fourth-order valence-corrected chi connectivity index (χ4v) is 3.11. The number of likely N-dealkylation sites (tertiary alicyclic amines) is 1. The van der Waals surface area contributed by atoms with Crippen LogP contribution < -0.4 is 9.64 Å². The summed E-state index contributed by atoms with van der Waals surface area (Å²) in [5, 5.41) is 8.98. The number of anilines is 1. The van der Waals surface area contributed by atoms with E-state index in [1.54, 1.807) is 29.2 Å². The van der Waals surface area contributed by atoms with Crippen molar-refractivity contribution in [3.05, 3.63) is 24.3 Å². The average Bonchev–Trinajstić information content (AvgIpc) is 2.58. The highest BCUT2D eigenvalue weighted by Gasteiger charge is 2.37. The van der Waals surface area contributed by atoms with Gasteiger partial charge in [0, 0.05) is 13.1 Å². The van der Waals surface area contributed by atoms with Gasteiger partial charge in [-0.15, -0.1) is 0 Å². The highest BCUT2D eigenvalue weighted by atomic mass is 16.5. The molecule has 0 unspecified atom stereocenters. The number of benzene rings is 1. The van der Waals surface area contributed by atoms with Crippen molar-refractivity contribution in [1.82, 2.24) is 4.90 Å². The van der Waals surface area contributed by atoms with Gasteiger partial charge >= 0.3 is 5.97 Å². The molecule has 2 amide bonds. The number of carbonyl (C=O) groups is 3. The molecule has 1 aromatic rings. The minimum Gasteiger partial charge on any atom is -0.481 e. The molecule has 0 spiro atoms. The van der Waals surface area contributed by atoms with Gasteiger partial charge < -0.3 is 14.7 Å². The molecule has 1 saturated heterocycles. The number of fused-ring (bicyclic) bond motifs is 1. The molecular formula is C17H20N2O5. The Morgan fingerprint density at radius 2 is 1.88 bits per heavy atom. The van der Waals surface area contributed by atoms with Crippen LogP contribution in [0, 0.1) is 0 Å². The predicted molar refractivity (Wildman–Crippen MR) is 85.9 cm³/mol. The summed E-state index contributed by atoms with van der Waals surface area (Å²) in [6.07, 6.45) is 1.53. The third-order valence-corrected chi connectivity index (χ3v) is 4.33. The summed E-state index contributed by atoms with van der Waals surface area (Å²) in [6.45, 7) is 1.32. The highest BCUT2D eigenvalue weighted by molar-refractivity contribution is 6.04. The van der Waals surface area contributed by atoms with E-state index in [0.717, 1.165) is 19.3 Å². The Balaban J connectivity index is 1.82. The highest BCUT2D eigenvalue weighted by Crippen LogP contribution is 2.34. The number of hydrogen-bond acceptors (Lipinski definition) is 4. The van der Waals surface area contributed by atoms with E-state index >= 15 is 0 Å².